The molecule has 2 heterocycles. The van der Waals surface area contributed by atoms with Gasteiger partial charge in [-0.3, -0.25) is 4.79 Å². The Labute approximate surface area is 123 Å². The summed E-state index contributed by atoms with van der Waals surface area (Å²) in [5.41, 5.74) is 1.01. The number of hydrogen-bond donors (Lipinski definition) is 2. The number of benzene rings is 1. The van der Waals surface area contributed by atoms with Crippen LogP contribution in [-0.2, 0) is 0 Å². The second-order valence-electron chi connectivity index (χ2n) is 4.14. The van der Waals surface area contributed by atoms with Crippen molar-refractivity contribution in [3.05, 3.63) is 56.5 Å². The van der Waals surface area contributed by atoms with Gasteiger partial charge in [0.05, 0.1) is 0 Å². The van der Waals surface area contributed by atoms with Crippen molar-refractivity contribution in [1.82, 2.24) is 9.97 Å². The molecule has 0 fully saturated rings. The van der Waals surface area contributed by atoms with Crippen LogP contribution in [0.25, 0.3) is 22.5 Å². The van der Waals surface area contributed by atoms with Crippen LogP contribution in [0.2, 0.25) is 5.02 Å². The average molecular weight is 305 g/mol. The predicted molar refractivity (Wildman–Crippen MR) is 80.3 cm³/mol. The van der Waals surface area contributed by atoms with Crippen molar-refractivity contribution in [2.45, 2.75) is 0 Å². The van der Waals surface area contributed by atoms with Crippen molar-refractivity contribution in [1.29, 1.82) is 0 Å². The van der Waals surface area contributed by atoms with Crippen LogP contribution in [0.15, 0.2) is 45.9 Å². The standard InChI is InChI=1S/C14H9ClN2O2S/c15-10-3-1-2-8(6-10)11-13(18)16-12(17-14(11)19)9-4-5-20-7-9/h1-7H,(H2,16,17,18,19). The van der Waals surface area contributed by atoms with E-state index in [9.17, 15) is 9.90 Å². The van der Waals surface area contributed by atoms with Crippen LogP contribution in [-0.4, -0.2) is 15.1 Å². The summed E-state index contributed by atoms with van der Waals surface area (Å²) in [7, 11) is 0. The molecule has 0 saturated carbocycles. The highest BCUT2D eigenvalue weighted by Crippen LogP contribution is 2.27. The second-order valence-corrected chi connectivity index (χ2v) is 5.35. The number of aromatic nitrogens is 2. The molecule has 6 heteroatoms. The molecule has 0 unspecified atom stereocenters. The van der Waals surface area contributed by atoms with Crippen molar-refractivity contribution in [3.8, 4) is 28.4 Å². The van der Waals surface area contributed by atoms with Gasteiger partial charge >= 0.3 is 0 Å². The normalized spacial score (nSPS) is 10.7. The van der Waals surface area contributed by atoms with E-state index in [1.54, 1.807) is 24.3 Å². The van der Waals surface area contributed by atoms with Gasteiger partial charge in [-0.2, -0.15) is 16.3 Å². The Morgan fingerprint density at radius 3 is 2.75 bits per heavy atom. The fourth-order valence-electron chi connectivity index (χ4n) is 1.90. The number of nitrogens with zero attached hydrogens (tertiary/aromatic N) is 1. The lowest BCUT2D eigenvalue weighted by Gasteiger charge is -2.05. The van der Waals surface area contributed by atoms with Gasteiger partial charge in [-0.15, -0.1) is 0 Å². The van der Waals surface area contributed by atoms with E-state index >= 15 is 0 Å². The highest BCUT2D eigenvalue weighted by atomic mass is 35.5. The van der Waals surface area contributed by atoms with E-state index in [1.165, 1.54) is 11.3 Å². The quantitative estimate of drug-likeness (QED) is 0.761. The first kappa shape index (κ1) is 12.9. The number of hydrogen-bond acceptors (Lipinski definition) is 4. The zero-order chi connectivity index (χ0) is 14.1. The first-order valence-electron chi connectivity index (χ1n) is 5.77. The van der Waals surface area contributed by atoms with Crippen LogP contribution < -0.4 is 5.56 Å². The Balaban J connectivity index is 2.17. The molecule has 0 atom stereocenters. The number of rotatable bonds is 2. The molecule has 20 heavy (non-hydrogen) atoms. The van der Waals surface area contributed by atoms with Crippen molar-refractivity contribution in [2.75, 3.05) is 0 Å². The third kappa shape index (κ3) is 2.33. The van der Waals surface area contributed by atoms with E-state index in [0.29, 0.717) is 16.4 Å². The van der Waals surface area contributed by atoms with Crippen LogP contribution in [0, 0.1) is 0 Å². The molecule has 0 amide bonds. The van der Waals surface area contributed by atoms with Crippen molar-refractivity contribution >= 4 is 22.9 Å². The SMILES string of the molecule is O=c1[nH]c(-c2ccsc2)nc(O)c1-c1cccc(Cl)c1. The Kier molecular flexibility index (Phi) is 3.30. The summed E-state index contributed by atoms with van der Waals surface area (Å²) in [6.45, 7) is 0. The lowest BCUT2D eigenvalue weighted by Crippen LogP contribution is -2.11. The molecule has 3 rings (SSSR count). The molecule has 0 bridgehead atoms. The molecule has 2 N–H and O–H groups in total. The number of aromatic amines is 1. The summed E-state index contributed by atoms with van der Waals surface area (Å²) in [6.07, 6.45) is 0. The minimum absolute atomic E-state index is 0.117. The van der Waals surface area contributed by atoms with E-state index < -0.39 is 5.56 Å². The Morgan fingerprint density at radius 1 is 1.25 bits per heavy atom. The van der Waals surface area contributed by atoms with Crippen molar-refractivity contribution < 1.29 is 5.11 Å². The van der Waals surface area contributed by atoms with Crippen LogP contribution in [0.1, 0.15) is 0 Å². The lowest BCUT2D eigenvalue weighted by molar-refractivity contribution is 0.454. The molecule has 0 aliphatic heterocycles. The van der Waals surface area contributed by atoms with Gasteiger partial charge in [0.1, 0.15) is 11.4 Å². The summed E-state index contributed by atoms with van der Waals surface area (Å²) in [6, 6.07) is 8.54. The molecule has 0 saturated heterocycles. The zero-order valence-electron chi connectivity index (χ0n) is 10.1. The smallest absolute Gasteiger partial charge is 0.262 e. The Bertz CT molecular complexity index is 812. The van der Waals surface area contributed by atoms with Gasteiger partial charge < -0.3 is 10.1 Å². The first-order valence-corrected chi connectivity index (χ1v) is 7.09. The fraction of sp³-hybridized carbons (Fsp3) is 0. The van der Waals surface area contributed by atoms with Crippen molar-refractivity contribution in [2.24, 2.45) is 0 Å². The zero-order valence-corrected chi connectivity index (χ0v) is 11.7. The molecule has 0 aliphatic carbocycles. The van der Waals surface area contributed by atoms with E-state index in [2.05, 4.69) is 9.97 Å². The maximum absolute atomic E-state index is 12.2. The first-order chi connectivity index (χ1) is 9.65. The van der Waals surface area contributed by atoms with Gasteiger partial charge in [0.2, 0.25) is 5.88 Å². The van der Waals surface area contributed by atoms with Crippen LogP contribution in [0.4, 0.5) is 0 Å². The molecule has 0 radical (unpaired) electrons. The Hall–Kier alpha value is -2.11. The minimum atomic E-state index is -0.402. The third-order valence-corrected chi connectivity index (χ3v) is 3.73. The number of thiophene rings is 1. The summed E-state index contributed by atoms with van der Waals surface area (Å²) in [5.74, 6) is 0.0387. The number of nitrogens with one attached hydrogen (secondary N) is 1. The van der Waals surface area contributed by atoms with E-state index in [0.717, 1.165) is 5.56 Å². The highest BCUT2D eigenvalue weighted by molar-refractivity contribution is 7.08. The van der Waals surface area contributed by atoms with Crippen LogP contribution >= 0.6 is 22.9 Å². The van der Waals surface area contributed by atoms with Crippen LogP contribution in [0.5, 0.6) is 5.88 Å². The van der Waals surface area contributed by atoms with Crippen molar-refractivity contribution in [3.63, 3.8) is 0 Å². The third-order valence-electron chi connectivity index (χ3n) is 2.81. The average Bonchev–Trinajstić information content (AvgIpc) is 2.91. The largest absolute Gasteiger partial charge is 0.493 e. The summed E-state index contributed by atoms with van der Waals surface area (Å²) in [5, 5.41) is 14.2. The second kappa shape index (κ2) is 5.11. The molecule has 0 spiro atoms. The van der Waals surface area contributed by atoms with Gasteiger partial charge in [-0.25, -0.2) is 0 Å². The van der Waals surface area contributed by atoms with Crippen LogP contribution in [0.3, 0.4) is 0 Å². The maximum Gasteiger partial charge on any atom is 0.262 e. The molecule has 0 aliphatic rings. The lowest BCUT2D eigenvalue weighted by atomic mass is 10.1. The minimum Gasteiger partial charge on any atom is -0.493 e. The van der Waals surface area contributed by atoms with Gasteiger partial charge in [0, 0.05) is 16.0 Å². The number of H-pyrrole nitrogens is 1. The van der Waals surface area contributed by atoms with E-state index in [1.807, 2.05) is 16.8 Å². The molecule has 2 aromatic heterocycles. The van der Waals surface area contributed by atoms with E-state index in [4.69, 9.17) is 11.6 Å². The fourth-order valence-corrected chi connectivity index (χ4v) is 2.73. The highest BCUT2D eigenvalue weighted by Gasteiger charge is 2.14. The Morgan fingerprint density at radius 2 is 2.10 bits per heavy atom. The molecule has 100 valence electrons. The summed E-state index contributed by atoms with van der Waals surface area (Å²) < 4.78 is 0. The van der Waals surface area contributed by atoms with Gasteiger partial charge in [0.25, 0.3) is 5.56 Å². The molecule has 3 aromatic rings. The molecular weight excluding hydrogens is 296 g/mol. The molecule has 1 aromatic carbocycles. The number of halogens is 1. The molecule has 4 nitrogen and oxygen atoms in total. The summed E-state index contributed by atoms with van der Waals surface area (Å²) >= 11 is 7.39. The van der Waals surface area contributed by atoms with E-state index in [-0.39, 0.29) is 11.4 Å². The maximum atomic E-state index is 12.2. The topological polar surface area (TPSA) is 66.0 Å². The van der Waals surface area contributed by atoms with Gasteiger partial charge in [0.15, 0.2) is 0 Å². The van der Waals surface area contributed by atoms with Gasteiger partial charge in [-0.05, 0) is 29.1 Å². The predicted octanol–water partition coefficient (Wildman–Crippen LogP) is 3.52. The van der Waals surface area contributed by atoms with Gasteiger partial charge in [-0.1, -0.05) is 23.7 Å². The number of aromatic hydroxyl groups is 1. The summed E-state index contributed by atoms with van der Waals surface area (Å²) in [4.78, 5) is 18.9. The molecular formula is C14H9ClN2O2S. The monoisotopic (exact) mass is 304 g/mol.